The van der Waals surface area contributed by atoms with Crippen LogP contribution in [0.5, 0.6) is 0 Å². The van der Waals surface area contributed by atoms with Gasteiger partial charge in [0.1, 0.15) is 0 Å². The molecule has 0 saturated heterocycles. The van der Waals surface area contributed by atoms with Crippen LogP contribution < -0.4 is 11.1 Å². The molecule has 0 saturated carbocycles. The highest BCUT2D eigenvalue weighted by Crippen LogP contribution is 2.09. The van der Waals surface area contributed by atoms with Gasteiger partial charge >= 0.3 is 0 Å². The molecule has 0 spiro atoms. The van der Waals surface area contributed by atoms with Gasteiger partial charge in [-0.1, -0.05) is 52.9 Å². The molecule has 110 valence electrons. The molecule has 1 aromatic heterocycles. The van der Waals surface area contributed by atoms with Crippen LogP contribution in [0.2, 0.25) is 0 Å². The second kappa shape index (κ2) is 5.88. The maximum atomic E-state index is 12.8. The van der Waals surface area contributed by atoms with E-state index in [1.807, 2.05) is 22.6 Å². The normalized spacial score (nSPS) is 10.8. The van der Waals surface area contributed by atoms with E-state index in [1.54, 1.807) is 54.6 Å². The third kappa shape index (κ3) is 2.29. The molecule has 3 aromatic rings. The summed E-state index contributed by atoms with van der Waals surface area (Å²) in [7, 11) is 0. The zero-order chi connectivity index (χ0) is 15.7. The lowest BCUT2D eigenvalue weighted by Crippen LogP contribution is -2.41. The van der Waals surface area contributed by atoms with Crippen LogP contribution in [0, 0.1) is 0 Å². The summed E-state index contributed by atoms with van der Waals surface area (Å²) in [5, 5.41) is 0.548. The van der Waals surface area contributed by atoms with Crippen LogP contribution in [-0.2, 0) is 0 Å². The van der Waals surface area contributed by atoms with E-state index in [0.29, 0.717) is 11.1 Å². The van der Waals surface area contributed by atoms with Crippen molar-refractivity contribution in [3.8, 4) is 5.69 Å². The number of hydrogen-bond acceptors (Lipinski definition) is 3. The van der Waals surface area contributed by atoms with Gasteiger partial charge in [0.15, 0.2) is 0 Å². The Hall–Kier alpha value is -2.22. The van der Waals surface area contributed by atoms with Crippen molar-refractivity contribution in [2.45, 2.75) is 0 Å². The molecule has 0 bridgehead atoms. The summed E-state index contributed by atoms with van der Waals surface area (Å²) < 4.78 is 2.17. The first-order valence-electron chi connectivity index (χ1n) is 6.57. The molecular weight excluding hydrogens is 395 g/mol. The van der Waals surface area contributed by atoms with Crippen LogP contribution in [0.1, 0.15) is 4.79 Å². The van der Waals surface area contributed by atoms with E-state index in [0.717, 1.165) is 9.36 Å². The van der Waals surface area contributed by atoms with Gasteiger partial charge in [0.25, 0.3) is 17.0 Å². The second-order valence-electron chi connectivity index (χ2n) is 4.64. The topological polar surface area (TPSA) is 61.1 Å². The molecule has 0 fully saturated rings. The van der Waals surface area contributed by atoms with E-state index in [-0.39, 0.29) is 15.4 Å². The number of fused-ring (bicyclic) bond motifs is 1. The summed E-state index contributed by atoms with van der Waals surface area (Å²) in [6.45, 7) is 0. The number of halogens is 1. The average Bonchev–Trinajstić information content (AvgIpc) is 2.58. The van der Waals surface area contributed by atoms with E-state index < -0.39 is 11.5 Å². The van der Waals surface area contributed by atoms with E-state index in [2.05, 4.69) is 0 Å². The van der Waals surface area contributed by atoms with Gasteiger partial charge in [0, 0.05) is 0 Å². The van der Waals surface area contributed by atoms with Gasteiger partial charge in [0.05, 0.1) is 20.9 Å². The van der Waals surface area contributed by atoms with Gasteiger partial charge < -0.3 is 0 Å². The lowest BCUT2D eigenvalue weighted by molar-refractivity contribution is 0.0914. The largest absolute Gasteiger partial charge is 0.280 e. The third-order valence-electron chi connectivity index (χ3n) is 3.32. The molecule has 0 unspecified atom stereocenters. The minimum Gasteiger partial charge on any atom is -0.272 e. The maximum absolute atomic E-state index is 12.8. The molecule has 0 atom stereocenters. The van der Waals surface area contributed by atoms with Crippen LogP contribution in [0.15, 0.2) is 64.2 Å². The predicted octanol–water partition coefficient (Wildman–Crippen LogP) is 2.23. The van der Waals surface area contributed by atoms with E-state index in [1.165, 1.54) is 0 Å². The number of para-hydroxylation sites is 1. The Morgan fingerprint density at radius 1 is 0.864 bits per heavy atom. The summed E-state index contributed by atoms with van der Waals surface area (Å²) in [6, 6.07) is 15.2. The van der Waals surface area contributed by atoms with E-state index >= 15 is 0 Å². The van der Waals surface area contributed by atoms with Gasteiger partial charge in [0.2, 0.25) is 0 Å². The highest BCUT2D eigenvalue weighted by molar-refractivity contribution is 14.1. The Balaban J connectivity index is 2.54. The van der Waals surface area contributed by atoms with Gasteiger partial charge in [-0.15, -0.1) is 0 Å². The molecule has 3 rings (SSSR count). The molecule has 0 aliphatic carbocycles. The lowest BCUT2D eigenvalue weighted by atomic mass is 10.2. The van der Waals surface area contributed by atoms with E-state index in [9.17, 15) is 14.4 Å². The standard InChI is InChI=1S/C16H11IN2O3/c17-10-14(20)19-16(22)13-9-5-4-8-12(13)15(21)18(19)11-6-2-1-3-7-11/h1-9H,10H2. The predicted molar refractivity (Wildman–Crippen MR) is 93.3 cm³/mol. The second-order valence-corrected chi connectivity index (χ2v) is 5.41. The van der Waals surface area contributed by atoms with Crippen molar-refractivity contribution in [2.24, 2.45) is 0 Å². The first-order chi connectivity index (χ1) is 10.6. The Bertz CT molecular complexity index is 974. The fourth-order valence-electron chi connectivity index (χ4n) is 2.35. The molecule has 2 aromatic carbocycles. The first-order valence-corrected chi connectivity index (χ1v) is 8.09. The summed E-state index contributed by atoms with van der Waals surface area (Å²) in [5.74, 6) is -0.433. The summed E-state index contributed by atoms with van der Waals surface area (Å²) >= 11 is 1.88. The summed E-state index contributed by atoms with van der Waals surface area (Å²) in [5.41, 5.74) is -0.395. The Labute approximate surface area is 138 Å². The molecule has 1 heterocycles. The smallest absolute Gasteiger partial charge is 0.272 e. The molecule has 0 amide bonds. The van der Waals surface area contributed by atoms with Crippen LogP contribution in [0.4, 0.5) is 0 Å². The SMILES string of the molecule is O=C(CI)n1c(=O)c2ccccc2c(=O)n1-c1ccccc1. The van der Waals surface area contributed by atoms with Crippen molar-refractivity contribution >= 4 is 39.3 Å². The summed E-state index contributed by atoms with van der Waals surface area (Å²) in [4.78, 5) is 37.6. The monoisotopic (exact) mass is 406 g/mol. The van der Waals surface area contributed by atoms with Gasteiger partial charge in [-0.05, 0) is 24.3 Å². The van der Waals surface area contributed by atoms with Crippen molar-refractivity contribution in [2.75, 3.05) is 4.43 Å². The number of carbonyl (C=O) groups excluding carboxylic acids is 1. The molecule has 0 N–H and O–H groups in total. The van der Waals surface area contributed by atoms with E-state index in [4.69, 9.17) is 0 Å². The molecule has 0 aliphatic rings. The zero-order valence-electron chi connectivity index (χ0n) is 11.4. The minimum absolute atomic E-state index is 0.0995. The molecule has 0 aliphatic heterocycles. The number of alkyl halides is 1. The maximum Gasteiger partial charge on any atom is 0.280 e. The van der Waals surface area contributed by atoms with Crippen molar-refractivity contribution < 1.29 is 4.79 Å². The van der Waals surface area contributed by atoms with Crippen molar-refractivity contribution in [3.63, 3.8) is 0 Å². The van der Waals surface area contributed by atoms with Crippen LogP contribution >= 0.6 is 22.6 Å². The Morgan fingerprint density at radius 3 is 2.00 bits per heavy atom. The molecular formula is C16H11IN2O3. The highest BCUT2D eigenvalue weighted by atomic mass is 127. The van der Waals surface area contributed by atoms with Crippen LogP contribution in [0.3, 0.4) is 0 Å². The van der Waals surface area contributed by atoms with Gasteiger partial charge in [-0.25, -0.2) is 4.68 Å². The highest BCUT2D eigenvalue weighted by Gasteiger charge is 2.18. The average molecular weight is 406 g/mol. The lowest BCUT2D eigenvalue weighted by Gasteiger charge is -2.14. The number of aromatic nitrogens is 2. The fourth-order valence-corrected chi connectivity index (χ4v) is 2.67. The van der Waals surface area contributed by atoms with Crippen molar-refractivity contribution in [1.82, 2.24) is 9.36 Å². The third-order valence-corrected chi connectivity index (χ3v) is 3.98. The Morgan fingerprint density at radius 2 is 1.41 bits per heavy atom. The summed E-state index contributed by atoms with van der Waals surface area (Å²) in [6.07, 6.45) is 0. The number of nitrogens with zero attached hydrogens (tertiary/aromatic N) is 2. The van der Waals surface area contributed by atoms with Gasteiger partial charge in [-0.3, -0.25) is 14.4 Å². The molecule has 22 heavy (non-hydrogen) atoms. The number of hydrogen-bond donors (Lipinski definition) is 0. The fraction of sp³-hybridized carbons (Fsp3) is 0.0625. The Kier molecular flexibility index (Phi) is 3.93. The minimum atomic E-state index is -0.485. The molecule has 0 radical (unpaired) electrons. The number of benzene rings is 2. The number of rotatable bonds is 2. The first kappa shape index (κ1) is 14.7. The van der Waals surface area contributed by atoms with Crippen molar-refractivity contribution in [1.29, 1.82) is 0 Å². The van der Waals surface area contributed by atoms with Gasteiger partial charge in [-0.2, -0.15) is 4.68 Å². The van der Waals surface area contributed by atoms with Crippen LogP contribution in [0.25, 0.3) is 16.5 Å². The zero-order valence-corrected chi connectivity index (χ0v) is 13.6. The quantitative estimate of drug-likeness (QED) is 0.485. The van der Waals surface area contributed by atoms with Crippen LogP contribution in [-0.4, -0.2) is 19.7 Å². The molecule has 5 nitrogen and oxygen atoms in total. The number of carbonyl (C=O) groups is 1. The molecule has 6 heteroatoms. The van der Waals surface area contributed by atoms with Crippen molar-refractivity contribution in [3.05, 3.63) is 75.3 Å².